The fraction of sp³-hybridized carbons (Fsp3) is 0.267. The van der Waals surface area contributed by atoms with E-state index >= 15 is 0 Å². The molecule has 1 heterocycles. The minimum atomic E-state index is -0.294. The Kier molecular flexibility index (Phi) is 5.99. The first kappa shape index (κ1) is 17.0. The summed E-state index contributed by atoms with van der Waals surface area (Å²) in [5.41, 5.74) is 0.777. The highest BCUT2D eigenvalue weighted by atomic mass is 35.5. The normalized spacial score (nSPS) is 16.5. The second-order valence-corrected chi connectivity index (χ2v) is 6.62. The summed E-state index contributed by atoms with van der Waals surface area (Å²) < 4.78 is 5.07. The van der Waals surface area contributed by atoms with Crippen molar-refractivity contribution in [3.63, 3.8) is 0 Å². The molecule has 1 aromatic carbocycles. The van der Waals surface area contributed by atoms with Gasteiger partial charge in [-0.25, -0.2) is 0 Å². The Hall–Kier alpha value is -1.37. The summed E-state index contributed by atoms with van der Waals surface area (Å²) in [5, 5.41) is 0.582. The summed E-state index contributed by atoms with van der Waals surface area (Å²) in [6.07, 6.45) is 2.51. The van der Waals surface area contributed by atoms with Crippen molar-refractivity contribution < 1.29 is 14.3 Å². The highest BCUT2D eigenvalue weighted by molar-refractivity contribution is 8.26. The Balaban J connectivity index is 2.05. The lowest BCUT2D eigenvalue weighted by molar-refractivity contribution is -0.141. The minimum absolute atomic E-state index is 0.153. The van der Waals surface area contributed by atoms with Crippen LogP contribution in [0.4, 0.5) is 0 Å². The van der Waals surface area contributed by atoms with Gasteiger partial charge in [0.05, 0.1) is 12.0 Å². The molecule has 1 aromatic rings. The quantitative estimate of drug-likeness (QED) is 0.459. The molecule has 7 heteroatoms. The molecule has 0 radical (unpaired) electrons. The van der Waals surface area contributed by atoms with Gasteiger partial charge < -0.3 is 4.74 Å². The van der Waals surface area contributed by atoms with Crippen LogP contribution in [0.25, 0.3) is 6.08 Å². The number of thiocarbonyl (C=S) groups is 1. The zero-order valence-electron chi connectivity index (χ0n) is 11.9. The van der Waals surface area contributed by atoms with Crippen molar-refractivity contribution in [3.8, 4) is 0 Å². The SMILES string of the molecule is COC(=O)CCCN1C(=O)C(=Cc2ccccc2Cl)SC1=S. The van der Waals surface area contributed by atoms with Gasteiger partial charge in [0.2, 0.25) is 0 Å². The van der Waals surface area contributed by atoms with E-state index in [0.717, 1.165) is 5.56 Å². The maximum Gasteiger partial charge on any atom is 0.305 e. The number of benzene rings is 1. The largest absolute Gasteiger partial charge is 0.469 e. The predicted octanol–water partition coefficient (Wildman–Crippen LogP) is 3.49. The second kappa shape index (κ2) is 7.76. The van der Waals surface area contributed by atoms with Gasteiger partial charge in [0.15, 0.2) is 0 Å². The average molecular weight is 356 g/mol. The Morgan fingerprint density at radius 3 is 2.86 bits per heavy atom. The zero-order chi connectivity index (χ0) is 16.1. The third kappa shape index (κ3) is 4.09. The molecule has 1 amide bonds. The first-order chi connectivity index (χ1) is 10.5. The maximum absolute atomic E-state index is 12.4. The van der Waals surface area contributed by atoms with Gasteiger partial charge in [0.1, 0.15) is 4.32 Å². The van der Waals surface area contributed by atoms with Crippen LogP contribution in [-0.4, -0.2) is 34.8 Å². The molecule has 2 rings (SSSR count). The minimum Gasteiger partial charge on any atom is -0.469 e. The van der Waals surface area contributed by atoms with Crippen LogP contribution in [0, 0.1) is 0 Å². The van der Waals surface area contributed by atoms with Crippen LogP contribution in [0.5, 0.6) is 0 Å². The Bertz CT molecular complexity index is 645. The van der Waals surface area contributed by atoms with E-state index in [1.807, 2.05) is 18.2 Å². The van der Waals surface area contributed by atoms with Gasteiger partial charge in [0.25, 0.3) is 5.91 Å². The summed E-state index contributed by atoms with van der Waals surface area (Å²) in [6.45, 7) is 0.402. The topological polar surface area (TPSA) is 46.6 Å². The van der Waals surface area contributed by atoms with Crippen molar-refractivity contribution in [2.45, 2.75) is 12.8 Å². The number of nitrogens with zero attached hydrogens (tertiary/aromatic N) is 1. The van der Waals surface area contributed by atoms with Crippen LogP contribution in [-0.2, 0) is 14.3 Å². The van der Waals surface area contributed by atoms with Crippen LogP contribution in [0.3, 0.4) is 0 Å². The lowest BCUT2D eigenvalue weighted by Gasteiger charge is -2.13. The number of hydrogen-bond acceptors (Lipinski definition) is 5. The van der Waals surface area contributed by atoms with Gasteiger partial charge in [-0.2, -0.15) is 0 Å². The number of halogens is 1. The Labute approximate surface area is 143 Å². The van der Waals surface area contributed by atoms with Gasteiger partial charge in [-0.1, -0.05) is 53.8 Å². The maximum atomic E-state index is 12.4. The van der Waals surface area contributed by atoms with E-state index < -0.39 is 0 Å². The lowest BCUT2D eigenvalue weighted by atomic mass is 10.2. The molecule has 0 atom stereocenters. The molecule has 0 aromatic heterocycles. The van der Waals surface area contributed by atoms with Gasteiger partial charge in [-0.15, -0.1) is 0 Å². The molecule has 1 saturated heterocycles. The van der Waals surface area contributed by atoms with E-state index in [4.69, 9.17) is 23.8 Å². The van der Waals surface area contributed by atoms with E-state index in [9.17, 15) is 9.59 Å². The van der Waals surface area contributed by atoms with E-state index in [2.05, 4.69) is 4.74 Å². The summed E-state index contributed by atoms with van der Waals surface area (Å²) in [7, 11) is 1.34. The monoisotopic (exact) mass is 355 g/mol. The predicted molar refractivity (Wildman–Crippen MR) is 92.6 cm³/mol. The van der Waals surface area contributed by atoms with Crippen LogP contribution in [0.2, 0.25) is 5.02 Å². The van der Waals surface area contributed by atoms with Gasteiger partial charge in [-0.3, -0.25) is 14.5 Å². The lowest BCUT2D eigenvalue weighted by Crippen LogP contribution is -2.29. The van der Waals surface area contributed by atoms with Crippen molar-refractivity contribution in [3.05, 3.63) is 39.8 Å². The number of hydrogen-bond donors (Lipinski definition) is 0. The van der Waals surface area contributed by atoms with Gasteiger partial charge in [0, 0.05) is 18.0 Å². The van der Waals surface area contributed by atoms with Crippen LogP contribution in [0.15, 0.2) is 29.2 Å². The summed E-state index contributed by atoms with van der Waals surface area (Å²) >= 11 is 12.6. The van der Waals surface area contributed by atoms with Crippen LogP contribution >= 0.6 is 35.6 Å². The molecule has 0 unspecified atom stereocenters. The number of ether oxygens (including phenoxy) is 1. The van der Waals surface area contributed by atoms with Crippen molar-refractivity contribution in [2.24, 2.45) is 0 Å². The van der Waals surface area contributed by atoms with E-state index in [0.29, 0.717) is 27.2 Å². The fourth-order valence-corrected chi connectivity index (χ4v) is 3.40. The number of amides is 1. The summed E-state index contributed by atoms with van der Waals surface area (Å²) in [6, 6.07) is 7.29. The summed E-state index contributed by atoms with van der Waals surface area (Å²) in [5.74, 6) is -0.447. The first-order valence-corrected chi connectivity index (χ1v) is 8.20. The highest BCUT2D eigenvalue weighted by Crippen LogP contribution is 2.33. The Morgan fingerprint density at radius 2 is 2.18 bits per heavy atom. The van der Waals surface area contributed by atoms with Gasteiger partial charge >= 0.3 is 5.97 Å². The fourth-order valence-electron chi connectivity index (χ4n) is 1.91. The number of methoxy groups -OCH3 is 1. The van der Waals surface area contributed by atoms with E-state index in [-0.39, 0.29) is 18.3 Å². The second-order valence-electron chi connectivity index (χ2n) is 4.53. The molecule has 0 aliphatic carbocycles. The van der Waals surface area contributed by atoms with Crippen LogP contribution in [0.1, 0.15) is 18.4 Å². The molecule has 0 spiro atoms. The molecule has 0 saturated carbocycles. The molecule has 0 N–H and O–H groups in total. The summed E-state index contributed by atoms with van der Waals surface area (Å²) in [4.78, 5) is 25.5. The number of esters is 1. The van der Waals surface area contributed by atoms with Crippen molar-refractivity contribution >= 4 is 57.9 Å². The molecule has 1 fully saturated rings. The molecule has 1 aliphatic heterocycles. The molecule has 22 heavy (non-hydrogen) atoms. The number of carbonyl (C=O) groups is 2. The molecule has 1 aliphatic rings. The standard InChI is InChI=1S/C15H14ClNO3S2/c1-20-13(18)7-4-8-17-14(19)12(22-15(17)21)9-10-5-2-3-6-11(10)16/h2-3,5-6,9H,4,7-8H2,1H3. The van der Waals surface area contributed by atoms with E-state index in [1.165, 1.54) is 23.8 Å². The third-order valence-corrected chi connectivity index (χ3v) is 4.78. The van der Waals surface area contributed by atoms with Crippen LogP contribution < -0.4 is 0 Å². The van der Waals surface area contributed by atoms with E-state index in [1.54, 1.807) is 12.1 Å². The number of thioether (sulfide) groups is 1. The van der Waals surface area contributed by atoms with Crippen molar-refractivity contribution in [1.29, 1.82) is 0 Å². The average Bonchev–Trinajstić information content (AvgIpc) is 2.76. The number of rotatable bonds is 5. The van der Waals surface area contributed by atoms with Crippen molar-refractivity contribution in [1.82, 2.24) is 4.90 Å². The van der Waals surface area contributed by atoms with Crippen molar-refractivity contribution in [2.75, 3.05) is 13.7 Å². The first-order valence-electron chi connectivity index (χ1n) is 6.59. The zero-order valence-corrected chi connectivity index (χ0v) is 14.3. The molecular weight excluding hydrogens is 342 g/mol. The Morgan fingerprint density at radius 1 is 1.45 bits per heavy atom. The molecule has 4 nitrogen and oxygen atoms in total. The van der Waals surface area contributed by atoms with Gasteiger partial charge in [-0.05, 0) is 24.1 Å². The molecule has 0 bridgehead atoms. The number of carbonyl (C=O) groups excluding carboxylic acids is 2. The third-order valence-electron chi connectivity index (χ3n) is 3.06. The molecule has 116 valence electrons. The smallest absolute Gasteiger partial charge is 0.305 e. The molecular formula is C15H14ClNO3S2. The highest BCUT2D eigenvalue weighted by Gasteiger charge is 2.31.